The van der Waals surface area contributed by atoms with Crippen LogP contribution in [0.1, 0.15) is 30.9 Å². The molecule has 3 heteroatoms. The van der Waals surface area contributed by atoms with Gasteiger partial charge in [-0.05, 0) is 49.2 Å². The minimum absolute atomic E-state index is 0.392. The third kappa shape index (κ3) is 5.99. The molecule has 0 saturated carbocycles. The van der Waals surface area contributed by atoms with Gasteiger partial charge in [0.2, 0.25) is 0 Å². The van der Waals surface area contributed by atoms with Crippen LogP contribution in [0.2, 0.25) is 0 Å². The summed E-state index contributed by atoms with van der Waals surface area (Å²) in [5.41, 5.74) is 2.05. The molecule has 0 aromatic heterocycles. The highest BCUT2D eigenvalue weighted by Crippen LogP contribution is 2.15. The van der Waals surface area contributed by atoms with Crippen molar-refractivity contribution < 1.29 is 14.3 Å². The van der Waals surface area contributed by atoms with E-state index in [4.69, 9.17) is 9.47 Å². The van der Waals surface area contributed by atoms with Gasteiger partial charge in [0, 0.05) is 6.08 Å². The van der Waals surface area contributed by atoms with E-state index >= 15 is 0 Å². The standard InChI is InChI=1S/C20H22O3/c1-3-4-15-22-18-12-7-17(8-13-18)9-14-20(21)23-19-10-5-16(2)6-11-19/h5-14H,3-4,15H2,1-2H3/b14-9+. The Morgan fingerprint density at radius 3 is 2.30 bits per heavy atom. The van der Waals surface area contributed by atoms with Crippen LogP contribution in [0.5, 0.6) is 11.5 Å². The molecule has 0 radical (unpaired) electrons. The summed E-state index contributed by atoms with van der Waals surface area (Å²) < 4.78 is 10.8. The molecule has 23 heavy (non-hydrogen) atoms. The first-order chi connectivity index (χ1) is 11.2. The number of hydrogen-bond donors (Lipinski definition) is 0. The number of hydrogen-bond acceptors (Lipinski definition) is 3. The van der Waals surface area contributed by atoms with Gasteiger partial charge in [-0.2, -0.15) is 0 Å². The van der Waals surface area contributed by atoms with Crippen LogP contribution >= 0.6 is 0 Å². The van der Waals surface area contributed by atoms with Gasteiger partial charge in [-0.25, -0.2) is 4.79 Å². The predicted octanol–water partition coefficient (Wildman–Crippen LogP) is 4.79. The van der Waals surface area contributed by atoms with E-state index in [1.165, 1.54) is 6.08 Å². The smallest absolute Gasteiger partial charge is 0.336 e. The van der Waals surface area contributed by atoms with E-state index in [0.29, 0.717) is 5.75 Å². The molecule has 0 N–H and O–H groups in total. The van der Waals surface area contributed by atoms with Crippen molar-refractivity contribution >= 4 is 12.0 Å². The van der Waals surface area contributed by atoms with Crippen LogP contribution < -0.4 is 9.47 Å². The normalized spacial score (nSPS) is 10.7. The lowest BCUT2D eigenvalue weighted by atomic mass is 10.2. The Morgan fingerprint density at radius 1 is 1.00 bits per heavy atom. The van der Waals surface area contributed by atoms with Gasteiger partial charge in [-0.3, -0.25) is 0 Å². The van der Waals surface area contributed by atoms with Crippen LogP contribution in [-0.2, 0) is 4.79 Å². The molecule has 0 amide bonds. The molecule has 0 aliphatic rings. The molecule has 120 valence electrons. The van der Waals surface area contributed by atoms with Crippen LogP contribution in [0.3, 0.4) is 0 Å². The lowest BCUT2D eigenvalue weighted by Gasteiger charge is -2.05. The molecule has 0 bridgehead atoms. The largest absolute Gasteiger partial charge is 0.494 e. The van der Waals surface area contributed by atoms with Crippen LogP contribution in [0.4, 0.5) is 0 Å². The second kappa shape index (κ2) is 8.79. The fourth-order valence-electron chi connectivity index (χ4n) is 1.93. The van der Waals surface area contributed by atoms with Crippen molar-refractivity contribution in [2.45, 2.75) is 26.7 Å². The van der Waals surface area contributed by atoms with Crippen molar-refractivity contribution in [1.29, 1.82) is 0 Å². The molecule has 0 aliphatic carbocycles. The Bertz CT molecular complexity index is 640. The molecule has 2 rings (SSSR count). The highest BCUT2D eigenvalue weighted by atomic mass is 16.5. The number of carbonyl (C=O) groups is 1. The van der Waals surface area contributed by atoms with E-state index in [2.05, 4.69) is 6.92 Å². The first kappa shape index (κ1) is 16.8. The zero-order valence-electron chi connectivity index (χ0n) is 13.6. The maximum atomic E-state index is 11.8. The van der Waals surface area contributed by atoms with Crippen molar-refractivity contribution in [3.05, 3.63) is 65.7 Å². The number of benzene rings is 2. The van der Waals surface area contributed by atoms with Crippen LogP contribution in [0.25, 0.3) is 6.08 Å². The number of ether oxygens (including phenoxy) is 2. The van der Waals surface area contributed by atoms with Gasteiger partial charge in [0.15, 0.2) is 0 Å². The van der Waals surface area contributed by atoms with E-state index in [1.54, 1.807) is 18.2 Å². The molecule has 2 aromatic rings. The second-order valence-corrected chi connectivity index (χ2v) is 5.34. The van der Waals surface area contributed by atoms with Crippen LogP contribution in [-0.4, -0.2) is 12.6 Å². The SMILES string of the molecule is CCCCOc1ccc(/C=C/C(=O)Oc2ccc(C)cc2)cc1. The molecule has 0 atom stereocenters. The fourth-order valence-corrected chi connectivity index (χ4v) is 1.93. The zero-order chi connectivity index (χ0) is 16.5. The second-order valence-electron chi connectivity index (χ2n) is 5.34. The first-order valence-electron chi connectivity index (χ1n) is 7.87. The highest BCUT2D eigenvalue weighted by molar-refractivity contribution is 5.88. The number of unbranched alkanes of at least 4 members (excludes halogenated alkanes) is 1. The molecule has 0 aliphatic heterocycles. The minimum atomic E-state index is -0.392. The minimum Gasteiger partial charge on any atom is -0.494 e. The van der Waals surface area contributed by atoms with Crippen molar-refractivity contribution in [2.75, 3.05) is 6.61 Å². The number of esters is 1. The van der Waals surface area contributed by atoms with Gasteiger partial charge in [-0.15, -0.1) is 0 Å². The van der Waals surface area contributed by atoms with Gasteiger partial charge in [0.25, 0.3) is 0 Å². The van der Waals surface area contributed by atoms with Gasteiger partial charge in [-0.1, -0.05) is 43.2 Å². The Morgan fingerprint density at radius 2 is 1.65 bits per heavy atom. The van der Waals surface area contributed by atoms with Gasteiger partial charge >= 0.3 is 5.97 Å². The molecular weight excluding hydrogens is 288 g/mol. The van der Waals surface area contributed by atoms with E-state index in [9.17, 15) is 4.79 Å². The molecule has 0 fully saturated rings. The number of rotatable bonds is 7. The monoisotopic (exact) mass is 310 g/mol. The van der Waals surface area contributed by atoms with E-state index in [1.807, 2.05) is 43.3 Å². The fraction of sp³-hybridized carbons (Fsp3) is 0.250. The van der Waals surface area contributed by atoms with Crippen LogP contribution in [0.15, 0.2) is 54.6 Å². The molecule has 0 saturated heterocycles. The first-order valence-corrected chi connectivity index (χ1v) is 7.87. The van der Waals surface area contributed by atoms with Crippen molar-refractivity contribution in [2.24, 2.45) is 0 Å². The summed E-state index contributed by atoms with van der Waals surface area (Å²) in [7, 11) is 0. The quantitative estimate of drug-likeness (QED) is 0.319. The average molecular weight is 310 g/mol. The molecule has 3 nitrogen and oxygen atoms in total. The summed E-state index contributed by atoms with van der Waals surface area (Å²) in [6.45, 7) is 4.85. The van der Waals surface area contributed by atoms with E-state index < -0.39 is 5.97 Å². The van der Waals surface area contributed by atoms with Gasteiger partial charge in [0.05, 0.1) is 6.61 Å². The summed E-state index contributed by atoms with van der Waals surface area (Å²) in [4.78, 5) is 11.8. The van der Waals surface area contributed by atoms with Crippen molar-refractivity contribution in [3.63, 3.8) is 0 Å². The molecular formula is C20H22O3. The maximum Gasteiger partial charge on any atom is 0.336 e. The summed E-state index contributed by atoms with van der Waals surface area (Å²) in [5.74, 6) is 1.000. The van der Waals surface area contributed by atoms with E-state index in [0.717, 1.165) is 36.3 Å². The van der Waals surface area contributed by atoms with E-state index in [-0.39, 0.29) is 0 Å². The Hall–Kier alpha value is -2.55. The Balaban J connectivity index is 1.86. The predicted molar refractivity (Wildman–Crippen MR) is 92.7 cm³/mol. The third-order valence-corrected chi connectivity index (χ3v) is 3.30. The summed E-state index contributed by atoms with van der Waals surface area (Å²) >= 11 is 0. The topological polar surface area (TPSA) is 35.5 Å². The average Bonchev–Trinajstić information content (AvgIpc) is 2.56. The lowest BCUT2D eigenvalue weighted by Crippen LogP contribution is -2.03. The number of carbonyl (C=O) groups excluding carboxylic acids is 1. The van der Waals surface area contributed by atoms with Crippen molar-refractivity contribution in [3.8, 4) is 11.5 Å². The molecule has 0 unspecified atom stereocenters. The molecule has 0 heterocycles. The van der Waals surface area contributed by atoms with Crippen LogP contribution in [0, 0.1) is 6.92 Å². The summed E-state index contributed by atoms with van der Waals surface area (Å²) in [5, 5.41) is 0. The molecule has 0 spiro atoms. The Kier molecular flexibility index (Phi) is 6.42. The maximum absolute atomic E-state index is 11.8. The van der Waals surface area contributed by atoms with Gasteiger partial charge < -0.3 is 9.47 Å². The summed E-state index contributed by atoms with van der Waals surface area (Å²) in [6, 6.07) is 15.0. The van der Waals surface area contributed by atoms with Gasteiger partial charge in [0.1, 0.15) is 11.5 Å². The highest BCUT2D eigenvalue weighted by Gasteiger charge is 2.00. The van der Waals surface area contributed by atoms with Crippen molar-refractivity contribution in [1.82, 2.24) is 0 Å². The zero-order valence-corrected chi connectivity index (χ0v) is 13.6. The third-order valence-electron chi connectivity index (χ3n) is 3.30. The lowest BCUT2D eigenvalue weighted by molar-refractivity contribution is -0.128. The number of aryl methyl sites for hydroxylation is 1. The molecule has 2 aromatic carbocycles. The summed E-state index contributed by atoms with van der Waals surface area (Å²) in [6.07, 6.45) is 5.32. The Labute approximate surface area is 137 Å².